The molecule has 1 fully saturated rings. The van der Waals surface area contributed by atoms with E-state index in [9.17, 15) is 5.11 Å². The summed E-state index contributed by atoms with van der Waals surface area (Å²) in [5.41, 5.74) is 2.21. The minimum absolute atomic E-state index is 0.0597. The van der Waals surface area contributed by atoms with E-state index in [-0.39, 0.29) is 6.10 Å². The van der Waals surface area contributed by atoms with E-state index in [1.807, 2.05) is 13.0 Å². The van der Waals surface area contributed by atoms with Gasteiger partial charge in [-0.2, -0.15) is 0 Å². The smallest absolute Gasteiger partial charge is 0.0568 e. The molecule has 100 valence electrons. The van der Waals surface area contributed by atoms with Crippen LogP contribution in [0.2, 0.25) is 0 Å². The highest BCUT2D eigenvalue weighted by Crippen LogP contribution is 2.28. The van der Waals surface area contributed by atoms with Gasteiger partial charge in [0.25, 0.3) is 0 Å². The van der Waals surface area contributed by atoms with Gasteiger partial charge in [0.05, 0.1) is 11.8 Å². The second-order valence-corrected chi connectivity index (χ2v) is 5.56. The minimum Gasteiger partial charge on any atom is -0.393 e. The number of aromatic nitrogens is 1. The SMILES string of the molecule is Cc1cccc(CN(C)CCC2CCCC2O)n1. The van der Waals surface area contributed by atoms with Crippen molar-refractivity contribution in [3.63, 3.8) is 0 Å². The molecule has 1 saturated carbocycles. The van der Waals surface area contributed by atoms with E-state index in [1.165, 1.54) is 12.8 Å². The lowest BCUT2D eigenvalue weighted by Gasteiger charge is -2.20. The van der Waals surface area contributed by atoms with Gasteiger partial charge < -0.3 is 10.0 Å². The van der Waals surface area contributed by atoms with Gasteiger partial charge in [0.1, 0.15) is 0 Å². The summed E-state index contributed by atoms with van der Waals surface area (Å²) < 4.78 is 0. The van der Waals surface area contributed by atoms with Crippen LogP contribution < -0.4 is 0 Å². The molecular formula is C15H24N2O. The van der Waals surface area contributed by atoms with Crippen molar-refractivity contribution >= 4 is 0 Å². The molecule has 0 amide bonds. The lowest BCUT2D eigenvalue weighted by molar-refractivity contribution is 0.120. The third-order valence-electron chi connectivity index (χ3n) is 3.88. The van der Waals surface area contributed by atoms with Crippen LogP contribution in [0.15, 0.2) is 18.2 Å². The molecule has 3 heteroatoms. The number of pyridine rings is 1. The maximum absolute atomic E-state index is 9.80. The Bertz CT molecular complexity index is 381. The predicted molar refractivity (Wildman–Crippen MR) is 73.3 cm³/mol. The summed E-state index contributed by atoms with van der Waals surface area (Å²) in [4.78, 5) is 6.82. The molecule has 0 bridgehead atoms. The van der Waals surface area contributed by atoms with Crippen molar-refractivity contribution in [2.24, 2.45) is 5.92 Å². The van der Waals surface area contributed by atoms with Gasteiger partial charge in [0.15, 0.2) is 0 Å². The van der Waals surface area contributed by atoms with Crippen molar-refractivity contribution in [1.82, 2.24) is 9.88 Å². The fourth-order valence-corrected chi connectivity index (χ4v) is 2.78. The molecule has 2 atom stereocenters. The van der Waals surface area contributed by atoms with E-state index in [2.05, 4.69) is 29.1 Å². The van der Waals surface area contributed by atoms with Crippen LogP contribution in [0.25, 0.3) is 0 Å². The molecule has 18 heavy (non-hydrogen) atoms. The minimum atomic E-state index is -0.0597. The Hall–Kier alpha value is -0.930. The van der Waals surface area contributed by atoms with Crippen molar-refractivity contribution in [2.45, 2.75) is 45.3 Å². The van der Waals surface area contributed by atoms with Crippen molar-refractivity contribution in [2.75, 3.05) is 13.6 Å². The molecule has 2 rings (SSSR count). The van der Waals surface area contributed by atoms with Crippen molar-refractivity contribution in [3.8, 4) is 0 Å². The number of hydrogen-bond acceptors (Lipinski definition) is 3. The first-order valence-corrected chi connectivity index (χ1v) is 6.94. The largest absolute Gasteiger partial charge is 0.393 e. The molecule has 0 radical (unpaired) electrons. The third kappa shape index (κ3) is 3.79. The van der Waals surface area contributed by atoms with Gasteiger partial charge >= 0.3 is 0 Å². The summed E-state index contributed by atoms with van der Waals surface area (Å²) in [6.07, 6.45) is 4.42. The number of aliphatic hydroxyl groups is 1. The van der Waals surface area contributed by atoms with Crippen molar-refractivity contribution in [1.29, 1.82) is 0 Å². The second-order valence-electron chi connectivity index (χ2n) is 5.56. The van der Waals surface area contributed by atoms with Crippen LogP contribution in [0.1, 0.15) is 37.1 Å². The average Bonchev–Trinajstić information content (AvgIpc) is 2.72. The monoisotopic (exact) mass is 248 g/mol. The predicted octanol–water partition coefficient (Wildman–Crippen LogP) is 2.37. The Kier molecular flexibility index (Phi) is 4.72. The molecule has 1 aliphatic rings. The van der Waals surface area contributed by atoms with Crippen molar-refractivity contribution < 1.29 is 5.11 Å². The molecule has 1 aromatic heterocycles. The van der Waals surface area contributed by atoms with E-state index in [4.69, 9.17) is 0 Å². The third-order valence-corrected chi connectivity index (χ3v) is 3.88. The Balaban J connectivity index is 1.76. The summed E-state index contributed by atoms with van der Waals surface area (Å²) in [6.45, 7) is 3.96. The zero-order valence-corrected chi connectivity index (χ0v) is 11.5. The average molecular weight is 248 g/mol. The zero-order chi connectivity index (χ0) is 13.0. The van der Waals surface area contributed by atoms with E-state index < -0.39 is 0 Å². The maximum atomic E-state index is 9.80. The summed E-state index contributed by atoms with van der Waals surface area (Å²) in [7, 11) is 2.13. The highest BCUT2D eigenvalue weighted by atomic mass is 16.3. The van der Waals surface area contributed by atoms with Crippen LogP contribution >= 0.6 is 0 Å². The summed E-state index contributed by atoms with van der Waals surface area (Å²) in [5, 5.41) is 9.80. The molecule has 1 aliphatic carbocycles. The highest BCUT2D eigenvalue weighted by Gasteiger charge is 2.24. The normalized spacial score (nSPS) is 23.8. The fraction of sp³-hybridized carbons (Fsp3) is 0.667. The van der Waals surface area contributed by atoms with E-state index >= 15 is 0 Å². The first-order valence-electron chi connectivity index (χ1n) is 6.94. The van der Waals surface area contributed by atoms with Crippen LogP contribution in [0.3, 0.4) is 0 Å². The quantitative estimate of drug-likeness (QED) is 0.869. The number of hydrogen-bond donors (Lipinski definition) is 1. The summed E-state index contributed by atoms with van der Waals surface area (Å²) >= 11 is 0. The molecule has 3 nitrogen and oxygen atoms in total. The van der Waals surface area contributed by atoms with E-state index in [0.29, 0.717) is 5.92 Å². The van der Waals surface area contributed by atoms with Gasteiger partial charge in [-0.05, 0) is 57.8 Å². The second kappa shape index (κ2) is 6.30. The lowest BCUT2D eigenvalue weighted by atomic mass is 10.0. The molecule has 1 heterocycles. The topological polar surface area (TPSA) is 36.4 Å². The van der Waals surface area contributed by atoms with Gasteiger partial charge in [-0.3, -0.25) is 4.98 Å². The standard InChI is InChI=1S/C15H24N2O/c1-12-5-3-7-14(16-12)11-17(2)10-9-13-6-4-8-15(13)18/h3,5,7,13,15,18H,4,6,8-11H2,1-2H3. The number of aryl methyl sites for hydroxylation is 1. The molecule has 0 aliphatic heterocycles. The van der Waals surface area contributed by atoms with Gasteiger partial charge in [-0.15, -0.1) is 0 Å². The Morgan fingerprint density at radius 3 is 2.89 bits per heavy atom. The Labute approximate surface area is 110 Å². The van der Waals surface area contributed by atoms with Gasteiger partial charge in [0.2, 0.25) is 0 Å². The molecular weight excluding hydrogens is 224 g/mol. The fourth-order valence-electron chi connectivity index (χ4n) is 2.78. The van der Waals surface area contributed by atoms with Gasteiger partial charge in [-0.1, -0.05) is 12.5 Å². The number of rotatable bonds is 5. The first kappa shape index (κ1) is 13.5. The van der Waals surface area contributed by atoms with Crippen molar-refractivity contribution in [3.05, 3.63) is 29.6 Å². The molecule has 1 N–H and O–H groups in total. The Morgan fingerprint density at radius 1 is 1.39 bits per heavy atom. The Morgan fingerprint density at radius 2 is 2.22 bits per heavy atom. The molecule has 0 saturated heterocycles. The van der Waals surface area contributed by atoms with Crippen LogP contribution in [-0.2, 0) is 6.54 Å². The zero-order valence-electron chi connectivity index (χ0n) is 11.5. The first-order chi connectivity index (χ1) is 8.65. The van der Waals surface area contributed by atoms with Crippen LogP contribution in [0.4, 0.5) is 0 Å². The van der Waals surface area contributed by atoms with Crippen LogP contribution in [0, 0.1) is 12.8 Å². The van der Waals surface area contributed by atoms with Gasteiger partial charge in [0, 0.05) is 12.2 Å². The lowest BCUT2D eigenvalue weighted by Crippen LogP contribution is -2.24. The maximum Gasteiger partial charge on any atom is 0.0568 e. The summed E-state index contributed by atoms with van der Waals surface area (Å²) in [6, 6.07) is 6.17. The molecule has 2 unspecified atom stereocenters. The number of nitrogens with zero attached hydrogens (tertiary/aromatic N) is 2. The molecule has 0 aromatic carbocycles. The van der Waals surface area contributed by atoms with Gasteiger partial charge in [-0.25, -0.2) is 0 Å². The molecule has 1 aromatic rings. The van der Waals surface area contributed by atoms with E-state index in [1.54, 1.807) is 0 Å². The van der Waals surface area contributed by atoms with E-state index in [0.717, 1.165) is 37.3 Å². The number of aliphatic hydroxyl groups excluding tert-OH is 1. The van der Waals surface area contributed by atoms with Crippen LogP contribution in [0.5, 0.6) is 0 Å². The summed E-state index contributed by atoms with van der Waals surface area (Å²) in [5.74, 6) is 0.512. The van der Waals surface area contributed by atoms with Crippen LogP contribution in [-0.4, -0.2) is 34.7 Å². The molecule has 0 spiro atoms. The highest BCUT2D eigenvalue weighted by molar-refractivity contribution is 5.09.